The molecule has 2 aromatic carbocycles. The summed E-state index contributed by atoms with van der Waals surface area (Å²) in [5.74, 6) is -2.58. The third-order valence-electron chi connectivity index (χ3n) is 3.57. The molecule has 0 spiro atoms. The van der Waals surface area contributed by atoms with Gasteiger partial charge in [0.1, 0.15) is 17.5 Å². The first-order valence-electron chi connectivity index (χ1n) is 7.68. The Morgan fingerprint density at radius 3 is 2.27 bits per heavy atom. The summed E-state index contributed by atoms with van der Waals surface area (Å²) in [6, 6.07) is 6.56. The Labute approximate surface area is 149 Å². The fraction of sp³-hybridized carbons (Fsp3) is 0.235. The molecule has 0 saturated carbocycles. The summed E-state index contributed by atoms with van der Waals surface area (Å²) in [5.41, 5.74) is 0.117. The zero-order valence-corrected chi connectivity index (χ0v) is 14.6. The maximum atomic E-state index is 13.7. The number of halogens is 3. The topological polar surface area (TPSA) is 75.3 Å². The van der Waals surface area contributed by atoms with E-state index < -0.39 is 39.4 Å². The van der Waals surface area contributed by atoms with Crippen LogP contribution in [0.25, 0.3) is 0 Å². The van der Waals surface area contributed by atoms with E-state index in [1.807, 2.05) is 0 Å². The van der Waals surface area contributed by atoms with Crippen LogP contribution in [-0.4, -0.2) is 20.9 Å². The van der Waals surface area contributed by atoms with Crippen LogP contribution in [0.4, 0.5) is 13.2 Å². The Morgan fingerprint density at radius 1 is 1.04 bits per heavy atom. The maximum absolute atomic E-state index is 13.7. The van der Waals surface area contributed by atoms with E-state index in [2.05, 4.69) is 10.0 Å². The van der Waals surface area contributed by atoms with Gasteiger partial charge in [-0.15, -0.1) is 0 Å². The van der Waals surface area contributed by atoms with Gasteiger partial charge in [-0.05, 0) is 37.3 Å². The van der Waals surface area contributed by atoms with E-state index in [1.54, 1.807) is 0 Å². The number of carbonyl (C=O) groups excluding carboxylic acids is 1. The highest BCUT2D eigenvalue weighted by atomic mass is 32.2. The highest BCUT2D eigenvalue weighted by Crippen LogP contribution is 2.17. The molecule has 0 saturated heterocycles. The molecule has 9 heteroatoms. The molecule has 0 bridgehead atoms. The molecule has 0 aromatic heterocycles. The van der Waals surface area contributed by atoms with E-state index >= 15 is 0 Å². The molecule has 0 radical (unpaired) electrons. The second kappa shape index (κ2) is 8.33. The van der Waals surface area contributed by atoms with Gasteiger partial charge >= 0.3 is 0 Å². The minimum atomic E-state index is -3.86. The monoisotopic (exact) mass is 386 g/mol. The second-order valence-corrected chi connectivity index (χ2v) is 7.32. The lowest BCUT2D eigenvalue weighted by Crippen LogP contribution is -2.32. The first-order valence-corrected chi connectivity index (χ1v) is 9.17. The van der Waals surface area contributed by atoms with Gasteiger partial charge in [0.2, 0.25) is 15.9 Å². The number of benzene rings is 2. The first kappa shape index (κ1) is 19.9. The Bertz CT molecular complexity index is 887. The standard InChI is InChI=1S/C17H17F3N2O3S/c1-11(15-7-4-13(19)10-16(15)20)22-17(23)8-9-21-26(24,25)14-5-2-12(18)3-6-14/h2-7,10-11,21H,8-9H2,1H3,(H,22,23). The van der Waals surface area contributed by atoms with Gasteiger partial charge < -0.3 is 5.32 Å². The van der Waals surface area contributed by atoms with Crippen molar-refractivity contribution in [1.29, 1.82) is 0 Å². The molecule has 26 heavy (non-hydrogen) atoms. The van der Waals surface area contributed by atoms with Crippen LogP contribution in [0.2, 0.25) is 0 Å². The minimum Gasteiger partial charge on any atom is -0.349 e. The van der Waals surface area contributed by atoms with Crippen LogP contribution in [0.1, 0.15) is 24.9 Å². The Kier molecular flexibility index (Phi) is 6.38. The third-order valence-corrected chi connectivity index (χ3v) is 5.05. The van der Waals surface area contributed by atoms with Crippen molar-refractivity contribution in [3.05, 3.63) is 65.5 Å². The summed E-state index contributed by atoms with van der Waals surface area (Å²) in [5, 5.41) is 2.50. The Hall–Kier alpha value is -2.39. The van der Waals surface area contributed by atoms with Gasteiger partial charge in [0.25, 0.3) is 0 Å². The van der Waals surface area contributed by atoms with Crippen LogP contribution in [0.5, 0.6) is 0 Å². The Morgan fingerprint density at radius 2 is 1.65 bits per heavy atom. The van der Waals surface area contributed by atoms with Crippen molar-refractivity contribution in [2.45, 2.75) is 24.3 Å². The Balaban J connectivity index is 1.87. The van der Waals surface area contributed by atoms with E-state index in [9.17, 15) is 26.4 Å². The quantitative estimate of drug-likeness (QED) is 0.768. The lowest BCUT2D eigenvalue weighted by molar-refractivity contribution is -0.121. The summed E-state index contributed by atoms with van der Waals surface area (Å²) >= 11 is 0. The fourth-order valence-corrected chi connectivity index (χ4v) is 3.27. The van der Waals surface area contributed by atoms with E-state index in [-0.39, 0.29) is 23.4 Å². The molecule has 5 nitrogen and oxygen atoms in total. The number of nitrogens with one attached hydrogen (secondary N) is 2. The molecular formula is C17H17F3N2O3S. The van der Waals surface area contributed by atoms with Crippen molar-refractivity contribution in [3.63, 3.8) is 0 Å². The molecule has 0 heterocycles. The van der Waals surface area contributed by atoms with Gasteiger partial charge in [0.05, 0.1) is 10.9 Å². The molecule has 2 rings (SSSR count). The number of hydrogen-bond acceptors (Lipinski definition) is 3. The van der Waals surface area contributed by atoms with Gasteiger partial charge in [-0.2, -0.15) is 0 Å². The normalized spacial score (nSPS) is 12.6. The summed E-state index contributed by atoms with van der Waals surface area (Å²) in [6.07, 6.45) is -0.187. The molecule has 1 atom stereocenters. The summed E-state index contributed by atoms with van der Waals surface area (Å²) in [7, 11) is -3.86. The number of hydrogen-bond donors (Lipinski definition) is 2. The maximum Gasteiger partial charge on any atom is 0.240 e. The molecule has 2 aromatic rings. The van der Waals surface area contributed by atoms with Crippen molar-refractivity contribution < 1.29 is 26.4 Å². The van der Waals surface area contributed by atoms with E-state index in [0.29, 0.717) is 0 Å². The number of sulfonamides is 1. The lowest BCUT2D eigenvalue weighted by atomic mass is 10.1. The van der Waals surface area contributed by atoms with Gasteiger partial charge in [0, 0.05) is 24.6 Å². The zero-order chi connectivity index (χ0) is 19.3. The van der Waals surface area contributed by atoms with Crippen LogP contribution in [0, 0.1) is 17.5 Å². The molecule has 0 aliphatic rings. The van der Waals surface area contributed by atoms with Crippen LogP contribution in [0.3, 0.4) is 0 Å². The molecule has 140 valence electrons. The van der Waals surface area contributed by atoms with Crippen LogP contribution in [0.15, 0.2) is 47.4 Å². The molecule has 0 aliphatic carbocycles. The lowest BCUT2D eigenvalue weighted by Gasteiger charge is -2.15. The van der Waals surface area contributed by atoms with Gasteiger partial charge in [-0.25, -0.2) is 26.3 Å². The zero-order valence-electron chi connectivity index (χ0n) is 13.8. The number of carbonyl (C=O) groups is 1. The molecule has 1 unspecified atom stereocenters. The van der Waals surface area contributed by atoms with Crippen molar-refractivity contribution >= 4 is 15.9 Å². The smallest absolute Gasteiger partial charge is 0.240 e. The highest BCUT2D eigenvalue weighted by molar-refractivity contribution is 7.89. The van der Waals surface area contributed by atoms with Gasteiger partial charge in [0.15, 0.2) is 0 Å². The second-order valence-electron chi connectivity index (χ2n) is 5.56. The van der Waals surface area contributed by atoms with Crippen molar-refractivity contribution in [2.75, 3.05) is 6.54 Å². The van der Waals surface area contributed by atoms with Crippen LogP contribution in [-0.2, 0) is 14.8 Å². The SMILES string of the molecule is CC(NC(=O)CCNS(=O)(=O)c1ccc(F)cc1)c1ccc(F)cc1F. The van der Waals surface area contributed by atoms with Gasteiger partial charge in [-0.1, -0.05) is 6.07 Å². The molecule has 0 fully saturated rings. The molecule has 1 amide bonds. The summed E-state index contributed by atoms with van der Waals surface area (Å²) in [6.45, 7) is 1.33. The molecule has 0 aliphatic heterocycles. The predicted octanol–water partition coefficient (Wildman–Crippen LogP) is 2.65. The van der Waals surface area contributed by atoms with Crippen molar-refractivity contribution in [2.24, 2.45) is 0 Å². The molecule has 2 N–H and O–H groups in total. The number of amides is 1. The van der Waals surface area contributed by atoms with Gasteiger partial charge in [-0.3, -0.25) is 4.79 Å². The summed E-state index contributed by atoms with van der Waals surface area (Å²) < 4.78 is 65.6. The minimum absolute atomic E-state index is 0.117. The van der Waals surface area contributed by atoms with Crippen LogP contribution < -0.4 is 10.0 Å². The highest BCUT2D eigenvalue weighted by Gasteiger charge is 2.16. The van der Waals surface area contributed by atoms with E-state index in [4.69, 9.17) is 0 Å². The van der Waals surface area contributed by atoms with E-state index in [1.165, 1.54) is 13.0 Å². The van der Waals surface area contributed by atoms with Crippen LogP contribution >= 0.6 is 0 Å². The first-order chi connectivity index (χ1) is 12.2. The van der Waals surface area contributed by atoms with Crippen molar-refractivity contribution in [1.82, 2.24) is 10.0 Å². The van der Waals surface area contributed by atoms with Crippen molar-refractivity contribution in [3.8, 4) is 0 Å². The number of rotatable bonds is 7. The average molecular weight is 386 g/mol. The van der Waals surface area contributed by atoms with E-state index in [0.717, 1.165) is 36.4 Å². The fourth-order valence-electron chi connectivity index (χ4n) is 2.24. The predicted molar refractivity (Wildman–Crippen MR) is 89.1 cm³/mol. The molecular weight excluding hydrogens is 369 g/mol. The average Bonchev–Trinajstić information content (AvgIpc) is 2.54. The third kappa shape index (κ3) is 5.30. The summed E-state index contributed by atoms with van der Waals surface area (Å²) in [4.78, 5) is 11.8. The largest absolute Gasteiger partial charge is 0.349 e.